The van der Waals surface area contributed by atoms with Gasteiger partial charge in [-0.25, -0.2) is 9.59 Å². The van der Waals surface area contributed by atoms with E-state index in [0.717, 1.165) is 117 Å². The molecule has 3 aliphatic rings. The lowest BCUT2D eigenvalue weighted by atomic mass is 9.98. The second-order valence-corrected chi connectivity index (χ2v) is 30.8. The van der Waals surface area contributed by atoms with Gasteiger partial charge in [-0.05, 0) is 84.4 Å². The topological polar surface area (TPSA) is 773 Å². The predicted molar refractivity (Wildman–Crippen MR) is 418 cm³/mol. The number of phenols is 1. The number of carbonyl (C=O) groups excluding carboxylic acids is 11. The first-order valence-electron chi connectivity index (χ1n) is 39.9. The van der Waals surface area contributed by atoms with E-state index in [1.54, 1.807) is 0 Å². The lowest BCUT2D eigenvalue weighted by Crippen LogP contribution is -2.64. The van der Waals surface area contributed by atoms with Crippen molar-refractivity contribution in [1.29, 1.82) is 0 Å². The lowest BCUT2D eigenvalue weighted by molar-refractivity contribution is -0.349. The van der Waals surface area contributed by atoms with Gasteiger partial charge in [0.05, 0.1) is 50.3 Å². The molecule has 698 valence electrons. The predicted octanol–water partition coefficient (Wildman–Crippen LogP) is -9.72. The number of carboxylic acids is 2. The van der Waals surface area contributed by atoms with Gasteiger partial charge in [-0.3, -0.25) is 52.7 Å². The number of ether oxygens (including phenoxy) is 6. The monoisotopic (exact) mass is 1790 g/mol. The minimum absolute atomic E-state index is 0.0553. The van der Waals surface area contributed by atoms with E-state index in [1.165, 1.54) is 0 Å². The van der Waals surface area contributed by atoms with Crippen LogP contribution in [0.2, 0.25) is 0 Å². The van der Waals surface area contributed by atoms with Gasteiger partial charge in [0, 0.05) is 25.3 Å². The number of nitrogens with zero attached hydrogens (tertiary/aromatic N) is 1. The van der Waals surface area contributed by atoms with Gasteiger partial charge in [-0.1, -0.05) is 76.5 Å². The van der Waals surface area contributed by atoms with Gasteiger partial charge in [0.15, 0.2) is 31.1 Å². The van der Waals surface area contributed by atoms with Gasteiger partial charge in [0.1, 0.15) is 121 Å². The summed E-state index contributed by atoms with van der Waals surface area (Å²) >= 11 is 6.37. The minimum Gasteiger partial charge on any atom is -0.508 e. The lowest BCUT2D eigenvalue weighted by Gasteiger charge is -2.44. The number of allylic oxidation sites excluding steroid dienone is 1. The summed E-state index contributed by atoms with van der Waals surface area (Å²) < 4.78 is 33.3. The van der Waals surface area contributed by atoms with E-state index in [4.69, 9.17) is 51.5 Å². The summed E-state index contributed by atoms with van der Waals surface area (Å²) in [6.07, 6.45) is -36.0. The van der Waals surface area contributed by atoms with Crippen molar-refractivity contribution in [2.75, 3.05) is 26.8 Å². The summed E-state index contributed by atoms with van der Waals surface area (Å²) in [6.45, 7) is 4.42. The van der Waals surface area contributed by atoms with Crippen LogP contribution >= 0.6 is 11.6 Å². The van der Waals surface area contributed by atoms with Gasteiger partial charge in [-0.15, -0.1) is 11.6 Å². The van der Waals surface area contributed by atoms with E-state index in [1.807, 2.05) is 6.92 Å². The molecule has 0 aromatic heterocycles. The fourth-order valence-electron chi connectivity index (χ4n) is 13.2. The summed E-state index contributed by atoms with van der Waals surface area (Å²) in [4.78, 5) is 176. The standard InChI is InChI=1S/C75H120ClN11O36/c1-8-17-36(76)18-15-13-11-10-12-14-16-19-42(120-73-60(105)61(41(93)30-118-73)122-75-59(104)56(101)57(102)62(123-75)72(116)117)54(99)70(113)85-49(33(5)91)66(109)83-47(31(3)89)65(108)84-48(32(4)90)67(110)86-50(52(97)35-20-22-37(92)23-21-35)68(111)80-38(9-2)64(107)81-39(24-26-44(77)94)63(106)79-28-46(96)87(7)51(69(112)82-40(71(114)115)25-27-45(78)95)34(6)119-74-58(103)55(100)53(98)43(29-88)121-74/h9,20-23,31-34,36,39-43,47-62,73-75,88-93,97-105H,8,10-19,24-30H2,1-7H3,(H2,77,94)(H2,78,95)(H,79,106)(H,80,111)(H,81,107)(H,82,112)(H,83,109)(H,84,108)(H,85,113)(H,86,110)(H,114,115)(H,116,117)/b38-9-/t31?,32?,33?,34?,36?,39?,40?,41-,42?,43-,47?,48?,49?,50?,51?,52?,53-,54?,55+,56+,57-,58+,59-,60+,61-,62?,73+,74-,75-/m1/s1. The van der Waals surface area contributed by atoms with Crippen LogP contribution in [0.25, 0.3) is 0 Å². The Morgan fingerprint density at radius 3 is 1.58 bits per heavy atom. The van der Waals surface area contributed by atoms with E-state index in [-0.39, 0.29) is 29.5 Å². The zero-order valence-corrected chi connectivity index (χ0v) is 69.5. The van der Waals surface area contributed by atoms with Gasteiger partial charge < -0.3 is 174 Å². The normalized spacial score (nSPS) is 26.0. The van der Waals surface area contributed by atoms with Crippen molar-refractivity contribution in [3.05, 3.63) is 41.6 Å². The third-order valence-electron chi connectivity index (χ3n) is 20.4. The molecule has 3 saturated heterocycles. The highest BCUT2D eigenvalue weighted by Gasteiger charge is 2.53. The maximum atomic E-state index is 14.5. The van der Waals surface area contributed by atoms with Gasteiger partial charge in [-0.2, -0.15) is 0 Å². The summed E-state index contributed by atoms with van der Waals surface area (Å²) in [6, 6.07) is -10.3. The van der Waals surface area contributed by atoms with E-state index < -0.39 is 299 Å². The maximum Gasteiger partial charge on any atom is 0.335 e. The molecule has 11 amide bonds. The van der Waals surface area contributed by atoms with Crippen LogP contribution < -0.4 is 54.0 Å². The van der Waals surface area contributed by atoms with Crippen molar-refractivity contribution in [2.45, 2.75) is 314 Å². The number of carboxylic acid groups (broad SMARTS) is 2. The number of amides is 11. The molecule has 16 unspecified atom stereocenters. The van der Waals surface area contributed by atoms with E-state index in [9.17, 15) is 149 Å². The Kier molecular flexibility index (Phi) is 44.9. The maximum absolute atomic E-state index is 14.5. The average Bonchev–Trinajstić information content (AvgIpc) is 0.800. The number of nitrogens with two attached hydrogens (primary N) is 2. The number of likely N-dealkylation sites (N-methyl/N-ethyl adjacent to an activating group) is 1. The highest BCUT2D eigenvalue weighted by Crippen LogP contribution is 2.31. The third kappa shape index (κ3) is 32.4. The molecule has 0 aliphatic carbocycles. The van der Waals surface area contributed by atoms with Crippen molar-refractivity contribution in [3.8, 4) is 5.75 Å². The molecule has 1 aromatic carbocycles. The first-order chi connectivity index (χ1) is 57.7. The number of primary amides is 2. The zero-order valence-electron chi connectivity index (χ0n) is 68.7. The molecule has 29 atom stereocenters. The number of aliphatic carboxylic acids is 2. The van der Waals surface area contributed by atoms with Crippen LogP contribution in [0.4, 0.5) is 0 Å². The van der Waals surface area contributed by atoms with E-state index in [0.29, 0.717) is 17.7 Å². The highest BCUT2D eigenvalue weighted by atomic mass is 35.5. The summed E-state index contributed by atoms with van der Waals surface area (Å²) in [5.41, 5.74) is 9.56. The summed E-state index contributed by atoms with van der Waals surface area (Å²) in [7, 11) is 0.958. The van der Waals surface area contributed by atoms with Crippen LogP contribution in [0.3, 0.4) is 0 Å². The highest BCUT2D eigenvalue weighted by molar-refractivity contribution is 6.20. The van der Waals surface area contributed by atoms with E-state index >= 15 is 0 Å². The molecule has 48 heteroatoms. The molecule has 0 radical (unpaired) electrons. The molecule has 4 rings (SSSR count). The van der Waals surface area contributed by atoms with Gasteiger partial charge in [0.25, 0.3) is 11.8 Å². The molecule has 1 aromatic rings. The Hall–Kier alpha value is -8.64. The van der Waals surface area contributed by atoms with Crippen molar-refractivity contribution in [1.82, 2.24) is 47.4 Å². The minimum atomic E-state index is -2.35. The number of hydrogen-bond donors (Lipinski definition) is 27. The molecule has 0 saturated carbocycles. The van der Waals surface area contributed by atoms with Crippen LogP contribution in [0.5, 0.6) is 5.75 Å². The number of alkyl halides is 1. The Labute approximate surface area is 710 Å². The van der Waals surface area contributed by atoms with Gasteiger partial charge >= 0.3 is 11.9 Å². The number of aliphatic hydroxyl groups is 14. The number of rotatable bonds is 52. The number of aliphatic hydroxyl groups excluding tert-OH is 14. The fraction of sp³-hybridized carbons (Fsp3) is 0.720. The number of benzene rings is 1. The van der Waals surface area contributed by atoms with Crippen LogP contribution in [-0.2, 0) is 90.8 Å². The average molecular weight is 1790 g/mol. The van der Waals surface area contributed by atoms with Crippen molar-refractivity contribution < 1.29 is 178 Å². The summed E-state index contributed by atoms with van der Waals surface area (Å²) in [5.74, 6) is -18.4. The SMILES string of the molecule is C/C=C(\NC(=O)C(NC(=O)C(NC(=O)C(NC(=O)C(NC(=O)C(O)C(CCCCCCCCCC(Cl)CCC)O[C@@H]1OC[C@@H](O)[C@@H](O[C@@H]2OC(C(=O)O)[C@H](O)[C@H](O)[C@H]2O)[C@@H]1O)C(C)O)C(C)O)C(C)O)C(O)c1ccc(O)cc1)C(=O)NC(CCC(N)=O)C(=O)NCC(=O)N(C)C(C(=O)NC(CCC(N)=O)C(=O)O)C(C)O[C@@H]1O[C@H](CO)[C@@H](O)[C@H](O)[C@@H]1O. The smallest absolute Gasteiger partial charge is 0.335 e. The molecule has 47 nitrogen and oxygen atoms in total. The number of phenolic OH excluding ortho intramolecular Hbond substituents is 1. The number of nitrogens with one attached hydrogen (secondary N) is 8. The largest absolute Gasteiger partial charge is 0.508 e. The number of unbranched alkanes of at least 4 members (excludes halogenated alkanes) is 6. The van der Waals surface area contributed by atoms with Crippen LogP contribution in [0.15, 0.2) is 36.0 Å². The van der Waals surface area contributed by atoms with Crippen LogP contribution in [0, 0.1) is 0 Å². The zero-order chi connectivity index (χ0) is 92.7. The van der Waals surface area contributed by atoms with E-state index in [2.05, 4.69) is 42.5 Å². The Morgan fingerprint density at radius 2 is 1.07 bits per heavy atom. The molecule has 3 heterocycles. The Bertz CT molecular complexity index is 3670. The summed E-state index contributed by atoms with van der Waals surface area (Å²) in [5, 5.41) is 198. The number of halogens is 1. The molecule has 0 bridgehead atoms. The second kappa shape index (κ2) is 51.7. The van der Waals surface area contributed by atoms with Crippen LogP contribution in [-0.4, -0.2) is 366 Å². The molecule has 3 aliphatic heterocycles. The molecule has 123 heavy (non-hydrogen) atoms. The Morgan fingerprint density at radius 1 is 0.569 bits per heavy atom. The molecule has 29 N–H and O–H groups in total. The molecular weight excluding hydrogens is 1670 g/mol. The first-order valence-corrected chi connectivity index (χ1v) is 40.3. The van der Waals surface area contributed by atoms with Gasteiger partial charge in [0.2, 0.25) is 53.2 Å². The quantitative estimate of drug-likeness (QED) is 0.0164. The second-order valence-electron chi connectivity index (χ2n) is 30.2. The molecular formula is C75H120ClN11O36. The molecule has 0 spiro atoms. The first kappa shape index (κ1) is 107. The van der Waals surface area contributed by atoms with Crippen LogP contribution in [0.1, 0.15) is 150 Å². The Balaban J connectivity index is 1.57. The van der Waals surface area contributed by atoms with Crippen molar-refractivity contribution >= 4 is 88.5 Å². The number of aromatic hydroxyl groups is 1. The van der Waals surface area contributed by atoms with Crippen molar-refractivity contribution in [3.63, 3.8) is 0 Å². The van der Waals surface area contributed by atoms with Crippen molar-refractivity contribution in [2.24, 2.45) is 11.5 Å². The number of hydrogen-bond acceptors (Lipinski definition) is 34. The number of carbonyl (C=O) groups is 13. The third-order valence-corrected chi connectivity index (χ3v) is 20.8. The molecule has 3 fully saturated rings. The fourth-order valence-corrected chi connectivity index (χ4v) is 13.6.